The lowest BCUT2D eigenvalue weighted by molar-refractivity contribution is 0.348. The minimum Gasteiger partial charge on any atom is -0.493 e. The Hall–Kier alpha value is -0.970. The normalized spacial score (nSPS) is 17.5. The molecule has 106 valence electrons. The average molecular weight is 285 g/mol. The van der Waals surface area contributed by atoms with E-state index in [1.807, 2.05) is 12.1 Å². The van der Waals surface area contributed by atoms with Crippen LogP contribution in [0.5, 0.6) is 11.5 Å². The Morgan fingerprint density at radius 1 is 1.26 bits per heavy atom. The maximum atomic E-state index is 6.25. The summed E-state index contributed by atoms with van der Waals surface area (Å²) in [6, 6.07) is 3.97. The zero-order chi connectivity index (χ0) is 13.8. The van der Waals surface area contributed by atoms with Crippen molar-refractivity contribution in [3.63, 3.8) is 0 Å². The lowest BCUT2D eigenvalue weighted by atomic mass is 9.92. The summed E-state index contributed by atoms with van der Waals surface area (Å²) in [5.41, 5.74) is 3.97. The minimum atomic E-state index is 0.111. The molecular formula is C14H21ClN2O2. The molecule has 0 radical (unpaired) electrons. The fraction of sp³-hybridized carbons (Fsp3) is 0.571. The molecule has 0 aliphatic heterocycles. The smallest absolute Gasteiger partial charge is 0.179 e. The van der Waals surface area contributed by atoms with E-state index in [0.717, 1.165) is 5.56 Å². The van der Waals surface area contributed by atoms with Gasteiger partial charge in [0.2, 0.25) is 0 Å². The zero-order valence-electron chi connectivity index (χ0n) is 11.4. The van der Waals surface area contributed by atoms with Gasteiger partial charge in [-0.2, -0.15) is 0 Å². The third-order valence-corrected chi connectivity index (χ3v) is 4.15. The van der Waals surface area contributed by atoms with Crippen LogP contribution in [0.15, 0.2) is 12.1 Å². The van der Waals surface area contributed by atoms with Crippen molar-refractivity contribution in [3.05, 3.63) is 22.7 Å². The molecule has 3 N–H and O–H groups in total. The van der Waals surface area contributed by atoms with Gasteiger partial charge < -0.3 is 9.47 Å². The summed E-state index contributed by atoms with van der Waals surface area (Å²) in [4.78, 5) is 0. The Morgan fingerprint density at radius 2 is 1.95 bits per heavy atom. The molecule has 1 aromatic rings. The molecule has 4 nitrogen and oxygen atoms in total. The molecule has 2 rings (SSSR count). The standard InChI is InChI=1S/C14H21ClN2O2/c1-18-12-8-10(7-11(15)14(12)19-2)13(17-16)9-5-3-4-6-9/h7-9,13,17H,3-6,16H2,1-2H3. The van der Waals surface area contributed by atoms with Gasteiger partial charge in [-0.05, 0) is 36.5 Å². The highest BCUT2D eigenvalue weighted by Crippen LogP contribution is 2.41. The number of hydrogen-bond acceptors (Lipinski definition) is 4. The van der Waals surface area contributed by atoms with Gasteiger partial charge in [0.25, 0.3) is 0 Å². The van der Waals surface area contributed by atoms with Crippen molar-refractivity contribution >= 4 is 11.6 Å². The van der Waals surface area contributed by atoms with E-state index in [9.17, 15) is 0 Å². The van der Waals surface area contributed by atoms with E-state index in [2.05, 4.69) is 5.43 Å². The number of rotatable bonds is 5. The monoisotopic (exact) mass is 284 g/mol. The van der Waals surface area contributed by atoms with Gasteiger partial charge >= 0.3 is 0 Å². The lowest BCUT2D eigenvalue weighted by Crippen LogP contribution is -2.32. The van der Waals surface area contributed by atoms with Crippen molar-refractivity contribution < 1.29 is 9.47 Å². The SMILES string of the molecule is COc1cc(C(NN)C2CCCC2)cc(Cl)c1OC. The number of hydrogen-bond donors (Lipinski definition) is 2. The van der Waals surface area contributed by atoms with Crippen molar-refractivity contribution in [1.82, 2.24) is 5.43 Å². The predicted molar refractivity (Wildman–Crippen MR) is 76.6 cm³/mol. The molecule has 1 aromatic carbocycles. The quantitative estimate of drug-likeness (QED) is 0.644. The molecule has 1 aliphatic rings. The van der Waals surface area contributed by atoms with Gasteiger partial charge in [-0.1, -0.05) is 24.4 Å². The molecular weight excluding hydrogens is 264 g/mol. The van der Waals surface area contributed by atoms with Gasteiger partial charge in [0, 0.05) is 6.04 Å². The van der Waals surface area contributed by atoms with Crippen LogP contribution in [0.2, 0.25) is 5.02 Å². The fourth-order valence-corrected chi connectivity index (χ4v) is 3.21. The van der Waals surface area contributed by atoms with E-state index in [1.54, 1.807) is 14.2 Å². The number of nitrogens with one attached hydrogen (secondary N) is 1. The fourth-order valence-electron chi connectivity index (χ4n) is 2.91. The van der Waals surface area contributed by atoms with Gasteiger partial charge in [0.05, 0.1) is 19.2 Å². The lowest BCUT2D eigenvalue weighted by Gasteiger charge is -2.24. The highest BCUT2D eigenvalue weighted by atomic mass is 35.5. The van der Waals surface area contributed by atoms with Crippen LogP contribution in [-0.4, -0.2) is 14.2 Å². The zero-order valence-corrected chi connectivity index (χ0v) is 12.2. The second-order valence-electron chi connectivity index (χ2n) is 4.93. The van der Waals surface area contributed by atoms with E-state index in [1.165, 1.54) is 25.7 Å². The van der Waals surface area contributed by atoms with E-state index in [-0.39, 0.29) is 6.04 Å². The van der Waals surface area contributed by atoms with Crippen LogP contribution in [0, 0.1) is 5.92 Å². The molecule has 1 fully saturated rings. The maximum absolute atomic E-state index is 6.25. The Kier molecular flexibility index (Phi) is 4.91. The number of nitrogens with two attached hydrogens (primary N) is 1. The van der Waals surface area contributed by atoms with Crippen LogP contribution in [-0.2, 0) is 0 Å². The average Bonchev–Trinajstić information content (AvgIpc) is 2.92. The van der Waals surface area contributed by atoms with Gasteiger partial charge in [0.15, 0.2) is 11.5 Å². The van der Waals surface area contributed by atoms with Crippen LogP contribution in [0.1, 0.15) is 37.3 Å². The number of methoxy groups -OCH3 is 2. The first-order chi connectivity index (χ1) is 9.21. The number of benzene rings is 1. The molecule has 0 amide bonds. The first-order valence-electron chi connectivity index (χ1n) is 6.58. The van der Waals surface area contributed by atoms with Crippen molar-refractivity contribution in [2.24, 2.45) is 11.8 Å². The van der Waals surface area contributed by atoms with Crippen molar-refractivity contribution in [1.29, 1.82) is 0 Å². The molecule has 0 bridgehead atoms. The van der Waals surface area contributed by atoms with E-state index < -0.39 is 0 Å². The minimum absolute atomic E-state index is 0.111. The molecule has 1 saturated carbocycles. The molecule has 5 heteroatoms. The Labute approximate surface area is 119 Å². The topological polar surface area (TPSA) is 56.5 Å². The second-order valence-corrected chi connectivity index (χ2v) is 5.33. The van der Waals surface area contributed by atoms with E-state index >= 15 is 0 Å². The second kappa shape index (κ2) is 6.46. The third kappa shape index (κ3) is 2.96. The summed E-state index contributed by atoms with van der Waals surface area (Å²) in [6.45, 7) is 0. The molecule has 0 saturated heterocycles. The first kappa shape index (κ1) is 14.4. The molecule has 1 aliphatic carbocycles. The molecule has 1 atom stereocenters. The molecule has 0 spiro atoms. The Bertz CT molecular complexity index is 434. The van der Waals surface area contributed by atoms with Gasteiger partial charge in [-0.25, -0.2) is 0 Å². The van der Waals surface area contributed by atoms with E-state index in [0.29, 0.717) is 22.4 Å². The number of hydrazine groups is 1. The molecule has 1 unspecified atom stereocenters. The molecule has 0 heterocycles. The summed E-state index contributed by atoms with van der Waals surface area (Å²) in [6.07, 6.45) is 4.93. The van der Waals surface area contributed by atoms with Crippen LogP contribution in [0.4, 0.5) is 0 Å². The van der Waals surface area contributed by atoms with Crippen LogP contribution in [0.25, 0.3) is 0 Å². The van der Waals surface area contributed by atoms with Crippen molar-refractivity contribution in [2.75, 3.05) is 14.2 Å². The summed E-state index contributed by atoms with van der Waals surface area (Å²) >= 11 is 6.25. The Morgan fingerprint density at radius 3 is 2.47 bits per heavy atom. The highest BCUT2D eigenvalue weighted by Gasteiger charge is 2.27. The predicted octanol–water partition coefficient (Wildman–Crippen LogP) is 3.05. The van der Waals surface area contributed by atoms with Gasteiger partial charge in [-0.15, -0.1) is 0 Å². The van der Waals surface area contributed by atoms with Crippen molar-refractivity contribution in [2.45, 2.75) is 31.7 Å². The number of halogens is 1. The maximum Gasteiger partial charge on any atom is 0.179 e. The van der Waals surface area contributed by atoms with Crippen LogP contribution < -0.4 is 20.7 Å². The summed E-state index contributed by atoms with van der Waals surface area (Å²) in [5.74, 6) is 7.49. The first-order valence-corrected chi connectivity index (χ1v) is 6.96. The third-order valence-electron chi connectivity index (χ3n) is 3.87. The van der Waals surface area contributed by atoms with Gasteiger partial charge in [-0.3, -0.25) is 11.3 Å². The molecule has 19 heavy (non-hydrogen) atoms. The van der Waals surface area contributed by atoms with Crippen LogP contribution in [0.3, 0.4) is 0 Å². The van der Waals surface area contributed by atoms with E-state index in [4.69, 9.17) is 26.9 Å². The summed E-state index contributed by atoms with van der Waals surface area (Å²) in [5, 5.41) is 0.551. The van der Waals surface area contributed by atoms with Crippen molar-refractivity contribution in [3.8, 4) is 11.5 Å². The molecule has 0 aromatic heterocycles. The van der Waals surface area contributed by atoms with Gasteiger partial charge in [0.1, 0.15) is 0 Å². The van der Waals surface area contributed by atoms with Crippen LogP contribution >= 0.6 is 11.6 Å². The summed E-state index contributed by atoms with van der Waals surface area (Å²) in [7, 11) is 3.19. The number of ether oxygens (including phenoxy) is 2. The Balaban J connectivity index is 2.34. The largest absolute Gasteiger partial charge is 0.493 e. The summed E-state index contributed by atoms with van der Waals surface area (Å²) < 4.78 is 10.6. The highest BCUT2D eigenvalue weighted by molar-refractivity contribution is 6.32.